The molecule has 0 fully saturated rings. The number of carbonyl (C=O) groups is 2. The molecule has 0 aliphatic carbocycles. The maximum absolute atomic E-state index is 12.6. The van der Waals surface area contributed by atoms with E-state index in [0.29, 0.717) is 6.42 Å². The Kier molecular flexibility index (Phi) is 4.91. The van der Waals surface area contributed by atoms with Crippen LogP contribution in [-0.4, -0.2) is 32.0 Å². The molecule has 2 aromatic rings. The number of hydrogen-bond acceptors (Lipinski definition) is 3. The van der Waals surface area contributed by atoms with Gasteiger partial charge in [-0.3, -0.25) is 9.59 Å². The molecule has 1 heterocycles. The van der Waals surface area contributed by atoms with Gasteiger partial charge in [0.15, 0.2) is 0 Å². The number of anilines is 2. The van der Waals surface area contributed by atoms with Crippen LogP contribution in [0.1, 0.15) is 11.1 Å². The third-order valence-corrected chi connectivity index (χ3v) is 4.12. The van der Waals surface area contributed by atoms with Crippen molar-refractivity contribution in [1.29, 1.82) is 0 Å². The van der Waals surface area contributed by atoms with Gasteiger partial charge < -0.3 is 15.5 Å². The molecule has 0 aromatic heterocycles. The van der Waals surface area contributed by atoms with E-state index in [1.165, 1.54) is 5.56 Å². The van der Waals surface area contributed by atoms with E-state index in [0.717, 1.165) is 29.9 Å². The van der Waals surface area contributed by atoms with Crippen molar-refractivity contribution in [2.45, 2.75) is 12.8 Å². The minimum absolute atomic E-state index is 0.0880. The predicted molar refractivity (Wildman–Crippen MR) is 95.2 cm³/mol. The molecular formula is C19H21N3O2. The lowest BCUT2D eigenvalue weighted by atomic mass is 10.1. The standard InChI is InChI=1S/C19H21N3O2/c1-20-13-18(23)21-16-8-6-14(7-9-16)12-19(24)22-11-10-15-4-2-3-5-17(15)22/h2-9,20H,10-13H2,1H3,(H,21,23). The minimum Gasteiger partial charge on any atom is -0.325 e. The van der Waals surface area contributed by atoms with Gasteiger partial charge in [-0.1, -0.05) is 30.3 Å². The van der Waals surface area contributed by atoms with Crippen LogP contribution in [0.3, 0.4) is 0 Å². The van der Waals surface area contributed by atoms with E-state index < -0.39 is 0 Å². The summed E-state index contributed by atoms with van der Waals surface area (Å²) in [5.41, 5.74) is 3.93. The fourth-order valence-corrected chi connectivity index (χ4v) is 2.94. The topological polar surface area (TPSA) is 61.4 Å². The Bertz CT molecular complexity index is 741. The molecule has 0 saturated carbocycles. The number of amides is 2. The molecule has 0 saturated heterocycles. The molecule has 0 radical (unpaired) electrons. The molecule has 5 nitrogen and oxygen atoms in total. The van der Waals surface area contributed by atoms with Gasteiger partial charge in [-0.15, -0.1) is 0 Å². The molecule has 0 spiro atoms. The zero-order valence-corrected chi connectivity index (χ0v) is 13.7. The molecule has 0 unspecified atom stereocenters. The quantitative estimate of drug-likeness (QED) is 0.884. The largest absolute Gasteiger partial charge is 0.325 e. The van der Waals surface area contributed by atoms with Crippen LogP contribution in [0.2, 0.25) is 0 Å². The lowest BCUT2D eigenvalue weighted by molar-refractivity contribution is -0.118. The van der Waals surface area contributed by atoms with E-state index in [9.17, 15) is 9.59 Å². The Hall–Kier alpha value is -2.66. The number of carbonyl (C=O) groups excluding carboxylic acids is 2. The van der Waals surface area contributed by atoms with Crippen molar-refractivity contribution in [2.75, 3.05) is 30.4 Å². The first-order valence-corrected chi connectivity index (χ1v) is 8.09. The molecule has 24 heavy (non-hydrogen) atoms. The Morgan fingerprint density at radius 1 is 1.08 bits per heavy atom. The summed E-state index contributed by atoms with van der Waals surface area (Å²) >= 11 is 0. The summed E-state index contributed by atoms with van der Waals surface area (Å²) in [6, 6.07) is 15.5. The van der Waals surface area contributed by atoms with Crippen LogP contribution >= 0.6 is 0 Å². The molecular weight excluding hydrogens is 302 g/mol. The number of para-hydroxylation sites is 1. The lowest BCUT2D eigenvalue weighted by Crippen LogP contribution is -2.30. The summed E-state index contributed by atoms with van der Waals surface area (Å²) in [4.78, 5) is 26.0. The third kappa shape index (κ3) is 3.63. The lowest BCUT2D eigenvalue weighted by Gasteiger charge is -2.17. The van der Waals surface area contributed by atoms with Crippen molar-refractivity contribution in [3.8, 4) is 0 Å². The molecule has 1 aliphatic rings. The highest BCUT2D eigenvalue weighted by atomic mass is 16.2. The van der Waals surface area contributed by atoms with Gasteiger partial charge in [-0.05, 0) is 42.8 Å². The summed E-state index contributed by atoms with van der Waals surface area (Å²) in [5, 5.41) is 5.60. The predicted octanol–water partition coefficient (Wildman–Crippen LogP) is 1.98. The maximum Gasteiger partial charge on any atom is 0.238 e. The van der Waals surface area contributed by atoms with Gasteiger partial charge in [-0.2, -0.15) is 0 Å². The Morgan fingerprint density at radius 2 is 1.83 bits per heavy atom. The average molecular weight is 323 g/mol. The van der Waals surface area contributed by atoms with Gasteiger partial charge in [0.05, 0.1) is 13.0 Å². The number of likely N-dealkylation sites (N-methyl/N-ethyl adjacent to an activating group) is 1. The summed E-state index contributed by atoms with van der Waals surface area (Å²) in [5.74, 6) is 0.0157. The zero-order valence-electron chi connectivity index (χ0n) is 13.7. The second-order valence-electron chi connectivity index (χ2n) is 5.88. The smallest absolute Gasteiger partial charge is 0.238 e. The molecule has 124 valence electrons. The molecule has 3 rings (SSSR count). The second kappa shape index (κ2) is 7.27. The Balaban J connectivity index is 1.62. The van der Waals surface area contributed by atoms with Gasteiger partial charge in [0.2, 0.25) is 11.8 Å². The number of rotatable bonds is 5. The fourth-order valence-electron chi connectivity index (χ4n) is 2.94. The second-order valence-corrected chi connectivity index (χ2v) is 5.88. The van der Waals surface area contributed by atoms with Crippen LogP contribution in [0.25, 0.3) is 0 Å². The molecule has 2 amide bonds. The summed E-state index contributed by atoms with van der Waals surface area (Å²) in [7, 11) is 1.73. The molecule has 2 N–H and O–H groups in total. The van der Waals surface area contributed by atoms with E-state index in [2.05, 4.69) is 16.7 Å². The van der Waals surface area contributed by atoms with Gasteiger partial charge in [0.25, 0.3) is 0 Å². The number of nitrogens with one attached hydrogen (secondary N) is 2. The van der Waals surface area contributed by atoms with Crippen LogP contribution < -0.4 is 15.5 Å². The molecule has 5 heteroatoms. The number of benzene rings is 2. The van der Waals surface area contributed by atoms with Gasteiger partial charge in [0, 0.05) is 17.9 Å². The van der Waals surface area contributed by atoms with E-state index in [4.69, 9.17) is 0 Å². The summed E-state index contributed by atoms with van der Waals surface area (Å²) in [6.07, 6.45) is 1.28. The number of nitrogens with zero attached hydrogens (tertiary/aromatic N) is 1. The van der Waals surface area contributed by atoms with Gasteiger partial charge >= 0.3 is 0 Å². The van der Waals surface area contributed by atoms with Crippen molar-refractivity contribution >= 4 is 23.2 Å². The highest BCUT2D eigenvalue weighted by Crippen LogP contribution is 2.28. The summed E-state index contributed by atoms with van der Waals surface area (Å²) in [6.45, 7) is 1.02. The first kappa shape index (κ1) is 16.2. The van der Waals surface area contributed by atoms with E-state index in [1.54, 1.807) is 7.05 Å². The normalized spacial score (nSPS) is 12.8. The minimum atomic E-state index is -0.0880. The van der Waals surface area contributed by atoms with Crippen molar-refractivity contribution in [1.82, 2.24) is 5.32 Å². The highest BCUT2D eigenvalue weighted by molar-refractivity contribution is 5.97. The Labute approximate surface area is 141 Å². The van der Waals surface area contributed by atoms with Crippen LogP contribution in [0, 0.1) is 0 Å². The zero-order chi connectivity index (χ0) is 16.9. The SMILES string of the molecule is CNCC(=O)Nc1ccc(CC(=O)N2CCc3ccccc32)cc1. The molecule has 0 atom stereocenters. The first-order valence-electron chi connectivity index (χ1n) is 8.09. The van der Waals surface area contributed by atoms with Gasteiger partial charge in [0.1, 0.15) is 0 Å². The van der Waals surface area contributed by atoms with Crippen LogP contribution in [0.15, 0.2) is 48.5 Å². The first-order chi connectivity index (χ1) is 11.7. The van der Waals surface area contributed by atoms with Crippen molar-refractivity contribution in [2.24, 2.45) is 0 Å². The fraction of sp³-hybridized carbons (Fsp3) is 0.263. The highest BCUT2D eigenvalue weighted by Gasteiger charge is 2.23. The molecule has 0 bridgehead atoms. The maximum atomic E-state index is 12.6. The van der Waals surface area contributed by atoms with Crippen molar-refractivity contribution in [3.05, 3.63) is 59.7 Å². The molecule has 1 aliphatic heterocycles. The van der Waals surface area contributed by atoms with Crippen LogP contribution in [0.5, 0.6) is 0 Å². The van der Waals surface area contributed by atoms with Gasteiger partial charge in [-0.25, -0.2) is 0 Å². The van der Waals surface area contributed by atoms with E-state index >= 15 is 0 Å². The molecule has 2 aromatic carbocycles. The van der Waals surface area contributed by atoms with Crippen LogP contribution in [-0.2, 0) is 22.4 Å². The van der Waals surface area contributed by atoms with Crippen molar-refractivity contribution in [3.63, 3.8) is 0 Å². The van der Waals surface area contributed by atoms with Crippen LogP contribution in [0.4, 0.5) is 11.4 Å². The number of hydrogen-bond donors (Lipinski definition) is 2. The number of fused-ring (bicyclic) bond motifs is 1. The van der Waals surface area contributed by atoms with Crippen molar-refractivity contribution < 1.29 is 9.59 Å². The Morgan fingerprint density at radius 3 is 2.58 bits per heavy atom. The van der Waals surface area contributed by atoms with E-state index in [1.807, 2.05) is 47.4 Å². The monoisotopic (exact) mass is 323 g/mol. The average Bonchev–Trinajstić information content (AvgIpc) is 3.01. The third-order valence-electron chi connectivity index (χ3n) is 4.12. The summed E-state index contributed by atoms with van der Waals surface area (Å²) < 4.78 is 0. The van der Waals surface area contributed by atoms with E-state index in [-0.39, 0.29) is 18.4 Å².